The first-order chi connectivity index (χ1) is 39.0. The molecular weight excluding hydrogens is 1040 g/mol. The molecule has 432 valence electrons. The molecule has 0 aromatic heterocycles. The molecule has 82 heavy (non-hydrogen) atoms. The SMILES string of the molecule is CC(C)=CCCC1(C)C=Cc2c(c(CC=C(C)C)c3c(c2O[C@@H]2O[C@H](CO)[C@@H](O)[C@@H](O)[C@H]2O)C(=O)C2C(N(C)Cc4cccc5ccccc45)C4CC5C(C)(C)OC(C/C=C(/C)C(=O)N(C)Cc6cccc7ccccc67)(C4=O)C25O3)O1. The highest BCUT2D eigenvalue weighted by Crippen LogP contribution is 2.71. The van der Waals surface area contributed by atoms with E-state index in [1.165, 1.54) is 0 Å². The van der Waals surface area contributed by atoms with Gasteiger partial charge in [-0.2, -0.15) is 0 Å². The molecule has 1 spiro atoms. The zero-order valence-electron chi connectivity index (χ0n) is 48.8. The summed E-state index contributed by atoms with van der Waals surface area (Å²) in [6.45, 7) is 15.7. The minimum atomic E-state index is -1.83. The number of aliphatic hydroxyl groups excluding tert-OH is 4. The number of allylic oxidation sites excluding steroid dienone is 4. The predicted octanol–water partition coefficient (Wildman–Crippen LogP) is 9.78. The molecule has 4 N–H and O–H groups in total. The number of likely N-dealkylation sites (N-methyl/N-ethyl adjacent to an activating group) is 1. The summed E-state index contributed by atoms with van der Waals surface area (Å²) >= 11 is 0. The molecule has 14 heteroatoms. The highest BCUT2D eigenvalue weighted by atomic mass is 16.7. The molecule has 5 fully saturated rings. The summed E-state index contributed by atoms with van der Waals surface area (Å²) in [5.41, 5.74) is 0.0968. The Morgan fingerprint density at radius 2 is 1.40 bits per heavy atom. The quantitative estimate of drug-likeness (QED) is 0.0541. The molecule has 12 rings (SSSR count). The summed E-state index contributed by atoms with van der Waals surface area (Å²) in [4.78, 5) is 51.9. The lowest BCUT2D eigenvalue weighted by molar-refractivity contribution is -0.277. The van der Waals surface area contributed by atoms with Crippen LogP contribution in [0.15, 0.2) is 126 Å². The number of hydrogen-bond acceptors (Lipinski definition) is 13. The zero-order chi connectivity index (χ0) is 58.4. The van der Waals surface area contributed by atoms with Gasteiger partial charge in [-0.05, 0) is 133 Å². The standard InChI is InChI=1S/C68H78N2O12/c1-38(2)18-17-31-66(8)32-30-48-59(80-66)47(28-27-39(3)4)61-52(60(48)79-64-58(75)57(74)55(72)50(37-71)78-64)56(73)53-54(69(9)35-43-23-15-21-41-19-11-13-25-45(41)43)49-34-51-65(6,7)82-67(62(49)76,68(51,53)81-61)33-29-40(5)63(77)70(10)36-44-24-16-22-42-20-12-14-26-46(42)44/h11-16,18-27,29-30,32,49-51,53-55,57-58,64,71-72,74-75H,17,28,31,33-37H2,1-10H3/b40-29-/t49?,50-,51?,53?,54?,55-,57-,58-,64+,66?,67?,68?/m1/s1. The van der Waals surface area contributed by atoms with Crippen molar-refractivity contribution in [3.05, 3.63) is 154 Å². The Kier molecular flexibility index (Phi) is 15.1. The van der Waals surface area contributed by atoms with E-state index in [4.69, 9.17) is 23.7 Å². The van der Waals surface area contributed by atoms with E-state index in [2.05, 4.69) is 41.3 Å². The average Bonchev–Trinajstić information content (AvgIpc) is 1.37. The van der Waals surface area contributed by atoms with Crippen LogP contribution in [0.1, 0.15) is 114 Å². The van der Waals surface area contributed by atoms with Crippen LogP contribution in [0.25, 0.3) is 27.6 Å². The number of hydrogen-bond donors (Lipinski definition) is 4. The maximum absolute atomic E-state index is 17.1. The summed E-state index contributed by atoms with van der Waals surface area (Å²) in [5, 5.41) is 48.4. The van der Waals surface area contributed by atoms with Crippen LogP contribution in [-0.4, -0.2) is 128 Å². The number of amides is 1. The topological polar surface area (TPSA) is 185 Å². The van der Waals surface area contributed by atoms with Gasteiger partial charge >= 0.3 is 0 Å². The van der Waals surface area contributed by atoms with Crippen molar-refractivity contribution >= 4 is 45.1 Å². The molecule has 2 saturated heterocycles. The van der Waals surface area contributed by atoms with Gasteiger partial charge in [-0.15, -0.1) is 0 Å². The van der Waals surface area contributed by atoms with Crippen molar-refractivity contribution in [3.63, 3.8) is 0 Å². The van der Waals surface area contributed by atoms with E-state index in [1.807, 2.05) is 128 Å². The second-order valence-corrected chi connectivity index (χ2v) is 25.1. The van der Waals surface area contributed by atoms with E-state index >= 15 is 9.59 Å². The zero-order valence-corrected chi connectivity index (χ0v) is 48.8. The Morgan fingerprint density at radius 1 is 0.768 bits per heavy atom. The highest BCUT2D eigenvalue weighted by molar-refractivity contribution is 6.11. The Hall–Kier alpha value is -6.49. The van der Waals surface area contributed by atoms with E-state index in [0.717, 1.165) is 43.8 Å². The van der Waals surface area contributed by atoms with Crippen molar-refractivity contribution in [1.82, 2.24) is 9.80 Å². The van der Waals surface area contributed by atoms with Crippen LogP contribution in [0.5, 0.6) is 17.2 Å². The van der Waals surface area contributed by atoms with E-state index in [1.54, 1.807) is 24.9 Å². The van der Waals surface area contributed by atoms with Gasteiger partial charge in [0.05, 0.1) is 23.7 Å². The second kappa shape index (κ2) is 21.6. The van der Waals surface area contributed by atoms with Crippen LogP contribution in [0.4, 0.5) is 0 Å². The van der Waals surface area contributed by atoms with Gasteiger partial charge in [-0.25, -0.2) is 0 Å². The monoisotopic (exact) mass is 1110 g/mol. The molecule has 4 heterocycles. The number of nitrogens with zero attached hydrogens (tertiary/aromatic N) is 2. The number of ether oxygens (including phenoxy) is 5. The van der Waals surface area contributed by atoms with Crippen molar-refractivity contribution in [2.24, 2.45) is 17.8 Å². The molecule has 5 aromatic carbocycles. The fraction of sp³-hybridized carbons (Fsp3) is 0.456. The molecule has 12 atom stereocenters. The number of fused-ring (bicyclic) bond motifs is 4. The maximum atomic E-state index is 17.1. The number of carbonyl (C=O) groups is 3. The lowest BCUT2D eigenvalue weighted by Crippen LogP contribution is -2.81. The lowest BCUT2D eigenvalue weighted by Gasteiger charge is -2.64. The molecule has 1 amide bonds. The molecule has 7 aliphatic rings. The molecule has 4 bridgehead atoms. The lowest BCUT2D eigenvalue weighted by atomic mass is 9.44. The third-order valence-electron chi connectivity index (χ3n) is 18.6. The van der Waals surface area contributed by atoms with Gasteiger partial charge < -0.3 is 49.0 Å². The predicted molar refractivity (Wildman–Crippen MR) is 314 cm³/mol. The smallest absolute Gasteiger partial charge is 0.249 e. The number of Topliss-reactive ketones (excluding diaryl/α,β-unsaturated/α-hetero) is 2. The van der Waals surface area contributed by atoms with Gasteiger partial charge in [0, 0.05) is 55.6 Å². The van der Waals surface area contributed by atoms with Crippen molar-refractivity contribution in [1.29, 1.82) is 0 Å². The van der Waals surface area contributed by atoms with E-state index in [-0.39, 0.29) is 47.4 Å². The normalized spacial score (nSPS) is 30.3. The van der Waals surface area contributed by atoms with Gasteiger partial charge in [0.15, 0.2) is 22.8 Å². The first kappa shape index (κ1) is 57.3. The van der Waals surface area contributed by atoms with Crippen LogP contribution < -0.4 is 14.2 Å². The minimum Gasteiger partial charge on any atom is -0.482 e. The number of aliphatic hydroxyl groups is 4. The minimum absolute atomic E-state index is 0.0396. The summed E-state index contributed by atoms with van der Waals surface area (Å²) < 4.78 is 35.5. The molecule has 14 nitrogen and oxygen atoms in total. The summed E-state index contributed by atoms with van der Waals surface area (Å²) in [5.74, 6) is -2.76. The van der Waals surface area contributed by atoms with Gasteiger partial charge in [-0.1, -0.05) is 114 Å². The van der Waals surface area contributed by atoms with Crippen molar-refractivity contribution in [3.8, 4) is 17.2 Å². The van der Waals surface area contributed by atoms with Crippen LogP contribution in [0, 0.1) is 17.8 Å². The molecular formula is C68H78N2O12. The van der Waals surface area contributed by atoms with Crippen molar-refractivity contribution < 1.29 is 58.5 Å². The maximum Gasteiger partial charge on any atom is 0.249 e. The van der Waals surface area contributed by atoms with E-state index in [0.29, 0.717) is 54.8 Å². The molecule has 0 radical (unpaired) electrons. The first-order valence-electron chi connectivity index (χ1n) is 28.9. The Bertz CT molecular complexity index is 3490. The largest absolute Gasteiger partial charge is 0.482 e. The summed E-state index contributed by atoms with van der Waals surface area (Å²) in [6, 6.07) is 27.7. The van der Waals surface area contributed by atoms with E-state index < -0.39 is 83.5 Å². The van der Waals surface area contributed by atoms with Gasteiger partial charge in [-0.3, -0.25) is 19.3 Å². The molecule has 7 unspecified atom stereocenters. The fourth-order valence-corrected chi connectivity index (χ4v) is 14.6. The van der Waals surface area contributed by atoms with Crippen molar-refractivity contribution in [2.45, 2.75) is 160 Å². The third kappa shape index (κ3) is 9.42. The Labute approximate surface area is 480 Å². The van der Waals surface area contributed by atoms with Gasteiger partial charge in [0.25, 0.3) is 0 Å². The average molecular weight is 1120 g/mol. The molecule has 4 aliphatic heterocycles. The number of benzene rings is 5. The first-order valence-corrected chi connectivity index (χ1v) is 28.9. The molecule has 5 aromatic rings. The Balaban J connectivity index is 1.11. The Morgan fingerprint density at radius 3 is 2.05 bits per heavy atom. The molecule has 3 aliphatic carbocycles. The van der Waals surface area contributed by atoms with Gasteiger partial charge in [0.2, 0.25) is 12.2 Å². The number of ketones is 2. The summed E-state index contributed by atoms with van der Waals surface area (Å²) in [7, 11) is 3.73. The van der Waals surface area contributed by atoms with Crippen molar-refractivity contribution in [2.75, 3.05) is 20.7 Å². The van der Waals surface area contributed by atoms with Crippen LogP contribution >= 0.6 is 0 Å². The van der Waals surface area contributed by atoms with Crippen LogP contribution in [-0.2, 0) is 38.6 Å². The highest BCUT2D eigenvalue weighted by Gasteiger charge is 2.86. The van der Waals surface area contributed by atoms with Crippen LogP contribution in [0.2, 0.25) is 0 Å². The van der Waals surface area contributed by atoms with Crippen LogP contribution in [0.3, 0.4) is 0 Å². The third-order valence-corrected chi connectivity index (χ3v) is 18.6. The van der Waals surface area contributed by atoms with E-state index in [9.17, 15) is 25.2 Å². The molecule has 3 saturated carbocycles. The number of carbonyl (C=O) groups excluding carboxylic acids is 3. The van der Waals surface area contributed by atoms with Gasteiger partial charge in [0.1, 0.15) is 52.8 Å². The second-order valence-electron chi connectivity index (χ2n) is 25.1. The fourth-order valence-electron chi connectivity index (χ4n) is 14.6. The number of rotatable bonds is 16. The summed E-state index contributed by atoms with van der Waals surface area (Å²) in [6.07, 6.45) is 3.24.